The van der Waals surface area contributed by atoms with Crippen molar-refractivity contribution in [2.45, 2.75) is 45.1 Å². The van der Waals surface area contributed by atoms with Gasteiger partial charge in [-0.05, 0) is 73.5 Å². The summed E-state index contributed by atoms with van der Waals surface area (Å²) in [4.78, 5) is 0. The molecule has 0 bridgehead atoms. The molecule has 5 heteroatoms. The Hall–Kier alpha value is -1.68. The molecule has 1 aliphatic heterocycles. The second-order valence-corrected chi connectivity index (χ2v) is 8.90. The van der Waals surface area contributed by atoms with Gasteiger partial charge >= 0.3 is 0 Å². The average Bonchev–Trinajstić information content (AvgIpc) is 2.86. The van der Waals surface area contributed by atoms with E-state index in [-0.39, 0.29) is 0 Å². The van der Waals surface area contributed by atoms with Gasteiger partial charge in [0.15, 0.2) is 0 Å². The number of aryl methyl sites for hydroxylation is 1. The van der Waals surface area contributed by atoms with Gasteiger partial charge in [0.2, 0.25) is 0 Å². The van der Waals surface area contributed by atoms with Crippen molar-refractivity contribution in [1.29, 1.82) is 0 Å². The first-order valence-corrected chi connectivity index (χ1v) is 11.4. The minimum Gasteiger partial charge on any atom is -0.491 e. The van der Waals surface area contributed by atoms with Crippen LogP contribution >= 0.6 is 23.2 Å². The lowest BCUT2D eigenvalue weighted by atomic mass is 9.91. The smallest absolute Gasteiger partial charge is 0.122 e. The van der Waals surface area contributed by atoms with E-state index >= 15 is 0 Å². The van der Waals surface area contributed by atoms with Crippen LogP contribution in [0.2, 0.25) is 10.0 Å². The van der Waals surface area contributed by atoms with Crippen LogP contribution in [0.1, 0.15) is 35.2 Å². The van der Waals surface area contributed by atoms with Gasteiger partial charge < -0.3 is 14.6 Å². The van der Waals surface area contributed by atoms with Crippen molar-refractivity contribution in [1.82, 2.24) is 9.88 Å². The molecular formula is C24H26Cl2N2O. The highest BCUT2D eigenvalue weighted by Crippen LogP contribution is 2.36. The van der Waals surface area contributed by atoms with E-state index in [1.54, 1.807) is 0 Å². The first-order chi connectivity index (χ1) is 14.2. The summed E-state index contributed by atoms with van der Waals surface area (Å²) in [6.07, 6.45) is 6.84. The number of nitrogens with one attached hydrogen (secondary N) is 1. The Balaban J connectivity index is 1.46. The highest BCUT2D eigenvalue weighted by Gasteiger charge is 2.21. The van der Waals surface area contributed by atoms with E-state index in [1.165, 1.54) is 41.6 Å². The van der Waals surface area contributed by atoms with Crippen LogP contribution in [0.3, 0.4) is 0 Å². The molecule has 0 saturated carbocycles. The van der Waals surface area contributed by atoms with Gasteiger partial charge in [-0.2, -0.15) is 0 Å². The largest absolute Gasteiger partial charge is 0.491 e. The Morgan fingerprint density at radius 3 is 2.76 bits per heavy atom. The number of benzene rings is 2. The molecule has 0 unspecified atom stereocenters. The topological polar surface area (TPSA) is 26.2 Å². The summed E-state index contributed by atoms with van der Waals surface area (Å²) in [5.41, 5.74) is 6.73. The molecule has 29 heavy (non-hydrogen) atoms. The molecule has 152 valence electrons. The van der Waals surface area contributed by atoms with Crippen molar-refractivity contribution in [2.75, 3.05) is 19.7 Å². The fourth-order valence-electron chi connectivity index (χ4n) is 5.01. The van der Waals surface area contributed by atoms with Crippen LogP contribution in [-0.2, 0) is 32.2 Å². The minimum absolute atomic E-state index is 0.643. The summed E-state index contributed by atoms with van der Waals surface area (Å²) in [5.74, 6) is 1.06. The SMILES string of the molecule is Clc1cc(Cl)c2c3c(n(CCOc4cccc5c4CCCC5)c2c1)CCNCC3. The zero-order valence-electron chi connectivity index (χ0n) is 16.6. The monoisotopic (exact) mass is 428 g/mol. The fraction of sp³-hybridized carbons (Fsp3) is 0.417. The third-order valence-corrected chi connectivity index (χ3v) is 6.83. The molecular weight excluding hydrogens is 403 g/mol. The van der Waals surface area contributed by atoms with Crippen molar-refractivity contribution < 1.29 is 4.74 Å². The van der Waals surface area contributed by atoms with Crippen molar-refractivity contribution in [3.05, 3.63) is 62.8 Å². The van der Waals surface area contributed by atoms with Gasteiger partial charge in [0.1, 0.15) is 12.4 Å². The van der Waals surface area contributed by atoms with Crippen LogP contribution in [0.4, 0.5) is 0 Å². The van der Waals surface area contributed by atoms with Gasteiger partial charge in [0.25, 0.3) is 0 Å². The molecule has 0 fully saturated rings. The Labute approximate surface area is 181 Å². The average molecular weight is 429 g/mol. The molecule has 0 radical (unpaired) electrons. The van der Waals surface area contributed by atoms with Crippen molar-refractivity contribution in [3.8, 4) is 5.75 Å². The van der Waals surface area contributed by atoms with Crippen LogP contribution < -0.4 is 10.1 Å². The Bertz CT molecular complexity index is 1060. The van der Waals surface area contributed by atoms with Crippen molar-refractivity contribution in [3.63, 3.8) is 0 Å². The van der Waals surface area contributed by atoms with Gasteiger partial charge in [-0.25, -0.2) is 0 Å². The van der Waals surface area contributed by atoms with E-state index < -0.39 is 0 Å². The first kappa shape index (κ1) is 19.3. The van der Waals surface area contributed by atoms with Crippen LogP contribution in [0.15, 0.2) is 30.3 Å². The maximum Gasteiger partial charge on any atom is 0.122 e. The molecule has 0 amide bonds. The summed E-state index contributed by atoms with van der Waals surface area (Å²) in [6, 6.07) is 10.4. The van der Waals surface area contributed by atoms with Gasteiger partial charge in [0.05, 0.1) is 17.1 Å². The predicted molar refractivity (Wildman–Crippen MR) is 121 cm³/mol. The molecule has 5 rings (SSSR count). The van der Waals surface area contributed by atoms with Crippen molar-refractivity contribution in [2.24, 2.45) is 0 Å². The zero-order chi connectivity index (χ0) is 19.8. The first-order valence-electron chi connectivity index (χ1n) is 10.7. The zero-order valence-corrected chi connectivity index (χ0v) is 18.1. The third kappa shape index (κ3) is 3.65. The molecule has 0 atom stereocenters. The van der Waals surface area contributed by atoms with Crippen LogP contribution in [0.5, 0.6) is 5.75 Å². The molecule has 1 aromatic heterocycles. The standard InChI is InChI=1S/C24H26Cl2N2O/c25-17-14-20(26)24-19-8-10-27-11-9-21(19)28(22(24)15-17)12-13-29-23-7-3-5-16-4-1-2-6-18(16)23/h3,5,7,14-15,27H,1-2,4,6,8-13H2. The molecule has 1 N–H and O–H groups in total. The van der Waals surface area contributed by atoms with Gasteiger partial charge in [-0.3, -0.25) is 0 Å². The molecule has 0 spiro atoms. The lowest BCUT2D eigenvalue weighted by molar-refractivity contribution is 0.294. The highest BCUT2D eigenvalue weighted by atomic mass is 35.5. The second-order valence-electron chi connectivity index (χ2n) is 8.06. The number of rotatable bonds is 4. The molecule has 3 aromatic rings. The predicted octanol–water partition coefficient (Wildman–Crippen LogP) is 5.59. The lowest BCUT2D eigenvalue weighted by Crippen LogP contribution is -2.18. The number of hydrogen-bond acceptors (Lipinski definition) is 2. The van der Waals surface area contributed by atoms with E-state index in [2.05, 4.69) is 34.1 Å². The highest BCUT2D eigenvalue weighted by molar-refractivity contribution is 6.38. The maximum atomic E-state index is 6.63. The number of aromatic nitrogens is 1. The van der Waals surface area contributed by atoms with E-state index in [4.69, 9.17) is 27.9 Å². The van der Waals surface area contributed by atoms with E-state index in [0.29, 0.717) is 11.6 Å². The van der Waals surface area contributed by atoms with Crippen LogP contribution in [0.25, 0.3) is 10.9 Å². The molecule has 2 heterocycles. The van der Waals surface area contributed by atoms with E-state index in [0.717, 1.165) is 60.6 Å². The maximum absolute atomic E-state index is 6.63. The Morgan fingerprint density at radius 1 is 0.966 bits per heavy atom. The Morgan fingerprint density at radius 2 is 1.83 bits per heavy atom. The number of halogens is 2. The fourth-order valence-corrected chi connectivity index (χ4v) is 5.61. The van der Waals surface area contributed by atoms with Crippen LogP contribution in [0, 0.1) is 0 Å². The molecule has 3 nitrogen and oxygen atoms in total. The molecule has 0 saturated heterocycles. The lowest BCUT2D eigenvalue weighted by Gasteiger charge is -2.20. The van der Waals surface area contributed by atoms with E-state index in [9.17, 15) is 0 Å². The van der Waals surface area contributed by atoms with Gasteiger partial charge in [-0.15, -0.1) is 0 Å². The number of nitrogens with zero attached hydrogens (tertiary/aromatic N) is 1. The minimum atomic E-state index is 0.643. The third-order valence-electron chi connectivity index (χ3n) is 6.32. The van der Waals surface area contributed by atoms with Crippen LogP contribution in [-0.4, -0.2) is 24.3 Å². The molecule has 1 aliphatic carbocycles. The summed E-state index contributed by atoms with van der Waals surface area (Å²) >= 11 is 13.0. The normalized spacial score (nSPS) is 16.3. The van der Waals surface area contributed by atoms with E-state index in [1.807, 2.05) is 6.07 Å². The number of fused-ring (bicyclic) bond motifs is 4. The Kier molecular flexibility index (Phi) is 5.47. The molecule has 2 aliphatic rings. The summed E-state index contributed by atoms with van der Waals surface area (Å²) < 4.78 is 8.69. The summed E-state index contributed by atoms with van der Waals surface area (Å²) in [5, 5.41) is 6.10. The second kappa shape index (κ2) is 8.22. The van der Waals surface area contributed by atoms with Crippen molar-refractivity contribution >= 4 is 34.1 Å². The summed E-state index contributed by atoms with van der Waals surface area (Å²) in [6.45, 7) is 3.41. The number of ether oxygens (including phenoxy) is 1. The summed E-state index contributed by atoms with van der Waals surface area (Å²) in [7, 11) is 0. The van der Waals surface area contributed by atoms with Gasteiger partial charge in [0, 0.05) is 29.1 Å². The van der Waals surface area contributed by atoms with Gasteiger partial charge in [-0.1, -0.05) is 35.3 Å². The molecule has 2 aromatic carbocycles. The quantitative estimate of drug-likeness (QED) is 0.585. The number of hydrogen-bond donors (Lipinski definition) is 1.